The van der Waals surface area contributed by atoms with Crippen molar-refractivity contribution in [3.63, 3.8) is 0 Å². The number of amides is 3. The number of carbonyl (C=O) groups excluding carboxylic acids is 3. The summed E-state index contributed by atoms with van der Waals surface area (Å²) in [4.78, 5) is 49.5. The van der Waals surface area contributed by atoms with Crippen LogP contribution in [0.2, 0.25) is 5.02 Å². The molecule has 2 aromatic carbocycles. The fraction of sp³-hybridized carbons (Fsp3) is 0.486. The van der Waals surface area contributed by atoms with Gasteiger partial charge in [-0.15, -0.1) is 0 Å². The molecule has 1 unspecified atom stereocenters. The Labute approximate surface area is 290 Å². The van der Waals surface area contributed by atoms with Gasteiger partial charge in [0.2, 0.25) is 11.8 Å². The Bertz CT molecular complexity index is 1870. The Morgan fingerprint density at radius 2 is 1.90 bits per heavy atom. The predicted octanol–water partition coefficient (Wildman–Crippen LogP) is 5.08. The third kappa shape index (κ3) is 6.23. The molecule has 2 aromatic heterocycles. The van der Waals surface area contributed by atoms with Crippen LogP contribution < -0.4 is 16.0 Å². The van der Waals surface area contributed by atoms with Crippen molar-refractivity contribution in [3.05, 3.63) is 82.4 Å². The third-order valence-corrected chi connectivity index (χ3v) is 11.4. The van der Waals surface area contributed by atoms with Gasteiger partial charge >= 0.3 is 0 Å². The van der Waals surface area contributed by atoms with Crippen LogP contribution in [0.1, 0.15) is 91.8 Å². The van der Waals surface area contributed by atoms with E-state index in [2.05, 4.69) is 33.0 Å². The molecule has 258 valence electrons. The molecule has 3 aliphatic rings. The molecule has 0 spiro atoms. The Hall–Kier alpha value is -4.22. The Balaban J connectivity index is 1.26. The van der Waals surface area contributed by atoms with E-state index in [4.69, 9.17) is 21.3 Å². The van der Waals surface area contributed by atoms with E-state index in [1.165, 1.54) is 0 Å². The highest BCUT2D eigenvalue weighted by atomic mass is 35.5. The number of nitrogens with one attached hydrogen (secondary N) is 4. The summed E-state index contributed by atoms with van der Waals surface area (Å²) in [5, 5.41) is 14.2. The topological polar surface area (TPSA) is 143 Å². The zero-order valence-corrected chi connectivity index (χ0v) is 29.0. The fourth-order valence-corrected chi connectivity index (χ4v) is 7.88. The van der Waals surface area contributed by atoms with Gasteiger partial charge in [0.1, 0.15) is 17.6 Å². The third-order valence-electron chi connectivity index (χ3n) is 11.0. The van der Waals surface area contributed by atoms with Gasteiger partial charge in [0, 0.05) is 37.3 Å². The van der Waals surface area contributed by atoms with Crippen molar-refractivity contribution in [2.24, 2.45) is 18.4 Å². The smallest absolute Gasteiger partial charge is 0.270 e. The van der Waals surface area contributed by atoms with Crippen LogP contribution in [0.15, 0.2) is 54.7 Å². The number of halogens is 1. The van der Waals surface area contributed by atoms with Crippen molar-refractivity contribution in [2.75, 3.05) is 19.8 Å². The molecule has 11 nitrogen and oxygen atoms in total. The van der Waals surface area contributed by atoms with E-state index < -0.39 is 17.5 Å². The van der Waals surface area contributed by atoms with Crippen LogP contribution in [-0.4, -0.2) is 63.3 Å². The highest BCUT2D eigenvalue weighted by Gasteiger charge is 2.51. The molecule has 4 aromatic rings. The quantitative estimate of drug-likeness (QED) is 0.164. The molecule has 0 bridgehead atoms. The van der Waals surface area contributed by atoms with E-state index in [0.717, 1.165) is 48.7 Å². The van der Waals surface area contributed by atoms with E-state index >= 15 is 0 Å². The Kier molecular flexibility index (Phi) is 9.00. The van der Waals surface area contributed by atoms with E-state index in [0.29, 0.717) is 41.6 Å². The molecule has 3 fully saturated rings. The lowest BCUT2D eigenvalue weighted by Crippen LogP contribution is -2.57. The first-order valence-electron chi connectivity index (χ1n) is 17.3. The lowest BCUT2D eigenvalue weighted by Gasteiger charge is -2.36. The Morgan fingerprint density at radius 3 is 2.53 bits per heavy atom. The lowest BCUT2D eigenvalue weighted by molar-refractivity contribution is -0.134. The zero-order chi connectivity index (χ0) is 34.3. The van der Waals surface area contributed by atoms with E-state index in [1.807, 2.05) is 49.4 Å². The minimum absolute atomic E-state index is 0.107. The molecule has 3 amide bonds. The van der Waals surface area contributed by atoms with E-state index in [-0.39, 0.29) is 41.6 Å². The Morgan fingerprint density at radius 1 is 1.10 bits per heavy atom. The summed E-state index contributed by atoms with van der Waals surface area (Å²) in [6.45, 7) is 5.27. The second-order valence-electron chi connectivity index (χ2n) is 14.2. The number of ether oxygens (including phenoxy) is 1. The molecule has 3 heterocycles. The van der Waals surface area contributed by atoms with Crippen LogP contribution in [0.4, 0.5) is 0 Å². The van der Waals surface area contributed by atoms with Crippen molar-refractivity contribution >= 4 is 40.4 Å². The number of carbonyl (C=O) groups is 3. The van der Waals surface area contributed by atoms with Crippen LogP contribution in [0.5, 0.6) is 0 Å². The van der Waals surface area contributed by atoms with Gasteiger partial charge in [-0.1, -0.05) is 49.2 Å². The minimum atomic E-state index is -0.956. The van der Waals surface area contributed by atoms with Crippen LogP contribution in [0.25, 0.3) is 11.0 Å². The van der Waals surface area contributed by atoms with Gasteiger partial charge in [-0.3, -0.25) is 19.1 Å². The van der Waals surface area contributed by atoms with Gasteiger partial charge in [-0.2, -0.15) is 5.10 Å². The normalized spacial score (nSPS) is 21.8. The fourth-order valence-electron chi connectivity index (χ4n) is 7.63. The molecule has 49 heavy (non-hydrogen) atoms. The summed E-state index contributed by atoms with van der Waals surface area (Å²) in [5.74, 6) is -0.0433. The number of hydrogen-bond donors (Lipinski definition) is 4. The number of rotatable bonds is 12. The largest absolute Gasteiger partial charge is 0.380 e. The average molecular weight is 686 g/mol. The predicted molar refractivity (Wildman–Crippen MR) is 186 cm³/mol. The molecule has 12 heteroatoms. The summed E-state index contributed by atoms with van der Waals surface area (Å²) in [7, 11) is 1.74. The van der Waals surface area contributed by atoms with Crippen molar-refractivity contribution < 1.29 is 19.1 Å². The molecule has 4 atom stereocenters. The molecule has 2 saturated carbocycles. The highest BCUT2D eigenvalue weighted by molar-refractivity contribution is 6.31. The molecular formula is C37H44ClN7O4. The van der Waals surface area contributed by atoms with Crippen molar-refractivity contribution in [1.82, 2.24) is 35.7 Å². The highest BCUT2D eigenvalue weighted by Crippen LogP contribution is 2.60. The van der Waals surface area contributed by atoms with Gasteiger partial charge < -0.3 is 25.7 Å². The number of benzene rings is 2. The number of aromatic amines is 1. The van der Waals surface area contributed by atoms with Crippen LogP contribution in [0.3, 0.4) is 0 Å². The summed E-state index contributed by atoms with van der Waals surface area (Å²) in [6.07, 6.45) is 6.96. The second kappa shape index (κ2) is 13.2. The number of aryl methyl sites for hydroxylation is 1. The first-order chi connectivity index (χ1) is 23.6. The van der Waals surface area contributed by atoms with Gasteiger partial charge in [0.25, 0.3) is 5.91 Å². The number of imidazole rings is 1. The number of fused-ring (bicyclic) bond motifs is 1. The summed E-state index contributed by atoms with van der Waals surface area (Å²) >= 11 is 6.84. The summed E-state index contributed by atoms with van der Waals surface area (Å²) in [6, 6.07) is 14.2. The van der Waals surface area contributed by atoms with Gasteiger partial charge in [-0.25, -0.2) is 4.98 Å². The van der Waals surface area contributed by atoms with Crippen LogP contribution in [0, 0.1) is 11.3 Å². The lowest BCUT2D eigenvalue weighted by atomic mass is 9.76. The molecule has 2 aliphatic carbocycles. The van der Waals surface area contributed by atoms with Crippen molar-refractivity contribution in [2.45, 2.75) is 75.8 Å². The first kappa shape index (κ1) is 33.3. The maximum Gasteiger partial charge on any atom is 0.270 e. The SMILES string of the molecule is CCNC(=O)[C@@H](NC(=O)C1(c2ccc3nc([C@@H](NC(=O)c4ccnn4C)[C@H](c4ccccc4Cl)C4(C)CC4)[nH]c3c2)CCOC1)C1CCC1. The average Bonchev–Trinajstić information content (AvgIpc) is 3.44. The number of H-pyrrole nitrogens is 1. The number of aromatic nitrogens is 4. The van der Waals surface area contributed by atoms with E-state index in [1.54, 1.807) is 24.0 Å². The summed E-state index contributed by atoms with van der Waals surface area (Å²) in [5.41, 5.74) is 2.57. The molecule has 0 radical (unpaired) electrons. The van der Waals surface area contributed by atoms with Crippen LogP contribution >= 0.6 is 11.6 Å². The zero-order valence-electron chi connectivity index (χ0n) is 28.2. The molecule has 7 rings (SSSR count). The molecule has 4 N–H and O–H groups in total. The first-order valence-corrected chi connectivity index (χ1v) is 17.7. The van der Waals surface area contributed by atoms with Crippen molar-refractivity contribution in [3.8, 4) is 0 Å². The van der Waals surface area contributed by atoms with Gasteiger partial charge in [-0.05, 0) is 85.8 Å². The molecular weight excluding hydrogens is 642 g/mol. The maximum absolute atomic E-state index is 14.2. The standard InChI is InChI=1S/C37H44ClN7O4/c1-4-39-34(47)30(22-8-7-9-22)44-35(48)37(17-19-49-21-37)23-12-13-26-27(20-23)42-32(41-26)31(43-33(46)28-14-18-40-45(28)3)29(36(2)15-16-36)24-10-5-6-11-25(24)38/h5-6,10-14,18,20,22,29-31H,4,7-9,15-17,19,21H2,1-3H3,(H,39,47)(H,41,42)(H,43,46)(H,44,48)/t29-,30-,31-,37?/m0/s1. The monoisotopic (exact) mass is 685 g/mol. The minimum Gasteiger partial charge on any atom is -0.380 e. The van der Waals surface area contributed by atoms with Crippen LogP contribution in [-0.2, 0) is 26.8 Å². The van der Waals surface area contributed by atoms with Gasteiger partial charge in [0.15, 0.2) is 0 Å². The summed E-state index contributed by atoms with van der Waals surface area (Å²) < 4.78 is 7.40. The van der Waals surface area contributed by atoms with Crippen molar-refractivity contribution in [1.29, 1.82) is 0 Å². The molecule has 1 aliphatic heterocycles. The number of nitrogens with zero attached hydrogens (tertiary/aromatic N) is 3. The van der Waals surface area contributed by atoms with E-state index in [9.17, 15) is 14.4 Å². The maximum atomic E-state index is 14.2. The van der Waals surface area contributed by atoms with Gasteiger partial charge in [0.05, 0.1) is 29.1 Å². The second-order valence-corrected chi connectivity index (χ2v) is 14.6. The number of likely N-dealkylation sites (N-methyl/N-ethyl adjacent to an activating group) is 1. The molecule has 1 saturated heterocycles. The number of hydrogen-bond acceptors (Lipinski definition) is 6.